The SMILES string of the molecule is CCCCCc1ccc(C2CCc3cc(C#Cc4ccc(F)cc4)c(F)cc3C2)c(F)c1. The van der Waals surface area contributed by atoms with Gasteiger partial charge in [0.1, 0.15) is 17.5 Å². The third-order valence-corrected chi connectivity index (χ3v) is 6.28. The maximum atomic E-state index is 14.8. The van der Waals surface area contributed by atoms with Crippen molar-refractivity contribution in [2.24, 2.45) is 0 Å². The van der Waals surface area contributed by atoms with Gasteiger partial charge in [0.05, 0.1) is 5.56 Å². The number of fused-ring (bicyclic) bond motifs is 1. The molecule has 0 amide bonds. The molecule has 0 spiro atoms. The van der Waals surface area contributed by atoms with Crippen LogP contribution in [-0.4, -0.2) is 0 Å². The summed E-state index contributed by atoms with van der Waals surface area (Å²) in [6.07, 6.45) is 6.52. The summed E-state index contributed by atoms with van der Waals surface area (Å²) in [6, 6.07) is 14.8. The van der Waals surface area contributed by atoms with Gasteiger partial charge in [0.15, 0.2) is 0 Å². The molecule has 0 aromatic heterocycles. The first kappa shape index (κ1) is 22.2. The van der Waals surface area contributed by atoms with Gasteiger partial charge in [-0.15, -0.1) is 0 Å². The van der Waals surface area contributed by atoms with Crippen LogP contribution in [0.1, 0.15) is 71.9 Å². The van der Waals surface area contributed by atoms with E-state index in [2.05, 4.69) is 18.8 Å². The van der Waals surface area contributed by atoms with Crippen molar-refractivity contribution in [3.05, 3.63) is 105 Å². The first-order chi connectivity index (χ1) is 15.5. The second kappa shape index (κ2) is 10.1. The van der Waals surface area contributed by atoms with Crippen LogP contribution in [0.25, 0.3) is 0 Å². The summed E-state index contributed by atoms with van der Waals surface area (Å²) in [5.41, 5.74) is 4.76. The Balaban J connectivity index is 1.50. The molecule has 0 nitrogen and oxygen atoms in total. The highest BCUT2D eigenvalue weighted by atomic mass is 19.1. The Morgan fingerprint density at radius 3 is 2.41 bits per heavy atom. The van der Waals surface area contributed by atoms with E-state index in [-0.39, 0.29) is 23.4 Å². The van der Waals surface area contributed by atoms with Crippen molar-refractivity contribution >= 4 is 0 Å². The third kappa shape index (κ3) is 5.25. The van der Waals surface area contributed by atoms with Crippen LogP contribution < -0.4 is 0 Å². The van der Waals surface area contributed by atoms with E-state index in [1.165, 1.54) is 12.1 Å². The van der Waals surface area contributed by atoms with E-state index >= 15 is 0 Å². The highest BCUT2D eigenvalue weighted by Crippen LogP contribution is 2.35. The second-order valence-electron chi connectivity index (χ2n) is 8.61. The quantitative estimate of drug-likeness (QED) is 0.289. The second-order valence-corrected chi connectivity index (χ2v) is 8.61. The van der Waals surface area contributed by atoms with Gasteiger partial charge < -0.3 is 0 Å². The number of hydrogen-bond acceptors (Lipinski definition) is 0. The predicted molar refractivity (Wildman–Crippen MR) is 123 cm³/mol. The van der Waals surface area contributed by atoms with Crippen LogP contribution in [0.15, 0.2) is 54.6 Å². The summed E-state index contributed by atoms with van der Waals surface area (Å²) in [5.74, 6) is 4.98. The molecule has 4 rings (SSSR count). The largest absolute Gasteiger partial charge is 0.207 e. The Morgan fingerprint density at radius 1 is 0.844 bits per heavy atom. The lowest BCUT2D eigenvalue weighted by molar-refractivity contribution is 0.528. The van der Waals surface area contributed by atoms with Crippen molar-refractivity contribution in [2.75, 3.05) is 0 Å². The molecule has 1 unspecified atom stereocenters. The summed E-state index contributed by atoms with van der Waals surface area (Å²) in [7, 11) is 0. The fourth-order valence-electron chi connectivity index (χ4n) is 4.45. The number of unbranched alkanes of at least 4 members (excludes halogenated alkanes) is 2. The average molecular weight is 433 g/mol. The molecule has 3 aromatic carbocycles. The van der Waals surface area contributed by atoms with E-state index in [0.717, 1.165) is 60.8 Å². The predicted octanol–water partition coefficient (Wildman–Crippen LogP) is 7.51. The molecule has 3 heteroatoms. The molecule has 0 fully saturated rings. The van der Waals surface area contributed by atoms with Gasteiger partial charge in [0, 0.05) is 5.56 Å². The number of halogens is 3. The Hall–Kier alpha value is -2.99. The molecule has 3 aromatic rings. The number of aryl methyl sites for hydroxylation is 2. The fraction of sp³-hybridized carbons (Fsp3) is 0.310. The lowest BCUT2D eigenvalue weighted by Crippen LogP contribution is -2.15. The molecule has 1 atom stereocenters. The highest BCUT2D eigenvalue weighted by Gasteiger charge is 2.24. The van der Waals surface area contributed by atoms with Crippen LogP contribution in [-0.2, 0) is 19.3 Å². The van der Waals surface area contributed by atoms with E-state index in [1.807, 2.05) is 18.2 Å². The summed E-state index contributed by atoms with van der Waals surface area (Å²) in [5, 5.41) is 0. The molecule has 0 bridgehead atoms. The molecule has 0 heterocycles. The van der Waals surface area contributed by atoms with Gasteiger partial charge in [-0.1, -0.05) is 43.7 Å². The molecule has 0 aliphatic heterocycles. The van der Waals surface area contributed by atoms with Crippen molar-refractivity contribution in [2.45, 2.75) is 57.8 Å². The summed E-state index contributed by atoms with van der Waals surface area (Å²) >= 11 is 0. The maximum absolute atomic E-state index is 14.8. The van der Waals surface area contributed by atoms with Crippen molar-refractivity contribution in [1.29, 1.82) is 0 Å². The Kier molecular flexibility index (Phi) is 7.00. The Morgan fingerprint density at radius 2 is 1.66 bits per heavy atom. The Bertz CT molecular complexity index is 1150. The molecule has 0 saturated carbocycles. The first-order valence-corrected chi connectivity index (χ1v) is 11.4. The summed E-state index contributed by atoms with van der Waals surface area (Å²) in [4.78, 5) is 0. The Labute approximate surface area is 188 Å². The monoisotopic (exact) mass is 432 g/mol. The molecular weight excluding hydrogens is 405 g/mol. The summed E-state index contributed by atoms with van der Waals surface area (Å²) < 4.78 is 42.6. The van der Waals surface area contributed by atoms with Crippen LogP contribution in [0.4, 0.5) is 13.2 Å². The van der Waals surface area contributed by atoms with Gasteiger partial charge in [0.2, 0.25) is 0 Å². The number of benzene rings is 3. The smallest absolute Gasteiger partial charge is 0.139 e. The van der Waals surface area contributed by atoms with Crippen LogP contribution in [0.2, 0.25) is 0 Å². The fourth-order valence-corrected chi connectivity index (χ4v) is 4.45. The van der Waals surface area contributed by atoms with Crippen LogP contribution in [0.3, 0.4) is 0 Å². The molecule has 0 radical (unpaired) electrons. The zero-order chi connectivity index (χ0) is 22.5. The van der Waals surface area contributed by atoms with Gasteiger partial charge in [0.25, 0.3) is 0 Å². The van der Waals surface area contributed by atoms with Gasteiger partial charge in [-0.25, -0.2) is 13.2 Å². The normalized spacial score (nSPS) is 15.1. The minimum absolute atomic E-state index is 0.0581. The highest BCUT2D eigenvalue weighted by molar-refractivity contribution is 5.48. The van der Waals surface area contributed by atoms with Crippen molar-refractivity contribution in [1.82, 2.24) is 0 Å². The maximum Gasteiger partial charge on any atom is 0.139 e. The number of rotatable bonds is 5. The zero-order valence-electron chi connectivity index (χ0n) is 18.4. The van der Waals surface area contributed by atoms with E-state index < -0.39 is 0 Å². The van der Waals surface area contributed by atoms with Gasteiger partial charge in [-0.3, -0.25) is 0 Å². The van der Waals surface area contributed by atoms with Crippen LogP contribution in [0.5, 0.6) is 0 Å². The molecule has 164 valence electrons. The topological polar surface area (TPSA) is 0 Å². The first-order valence-electron chi connectivity index (χ1n) is 11.4. The van der Waals surface area contributed by atoms with E-state index in [1.54, 1.807) is 24.3 Å². The van der Waals surface area contributed by atoms with Crippen molar-refractivity contribution in [3.8, 4) is 11.8 Å². The van der Waals surface area contributed by atoms with E-state index in [9.17, 15) is 13.2 Å². The molecule has 1 aliphatic carbocycles. The lowest BCUT2D eigenvalue weighted by Gasteiger charge is -2.26. The van der Waals surface area contributed by atoms with E-state index in [0.29, 0.717) is 17.5 Å². The number of hydrogen-bond donors (Lipinski definition) is 0. The van der Waals surface area contributed by atoms with E-state index in [4.69, 9.17) is 0 Å². The molecular formula is C29H27F3. The zero-order valence-corrected chi connectivity index (χ0v) is 18.4. The molecule has 0 saturated heterocycles. The third-order valence-electron chi connectivity index (χ3n) is 6.28. The average Bonchev–Trinajstić information content (AvgIpc) is 2.79. The minimum atomic E-state index is -0.370. The van der Waals surface area contributed by atoms with Crippen LogP contribution in [0, 0.1) is 29.3 Å². The van der Waals surface area contributed by atoms with Crippen molar-refractivity contribution in [3.63, 3.8) is 0 Å². The minimum Gasteiger partial charge on any atom is -0.207 e. The molecule has 32 heavy (non-hydrogen) atoms. The van der Waals surface area contributed by atoms with Crippen molar-refractivity contribution < 1.29 is 13.2 Å². The molecule has 0 N–H and O–H groups in total. The lowest BCUT2D eigenvalue weighted by atomic mass is 9.79. The van der Waals surface area contributed by atoms with Gasteiger partial charge >= 0.3 is 0 Å². The molecule has 1 aliphatic rings. The van der Waals surface area contributed by atoms with Crippen LogP contribution >= 0.6 is 0 Å². The standard InChI is InChI=1S/C29H27F3/c1-2-3-4-5-21-9-15-27(29(32)16-21)23-12-11-22-17-24(28(31)19-25(22)18-23)10-6-20-7-13-26(30)14-8-20/h7-9,13-17,19,23H,2-5,11-12,18H2,1H3. The van der Waals surface area contributed by atoms with Gasteiger partial charge in [-0.05, 0) is 103 Å². The summed E-state index contributed by atoms with van der Waals surface area (Å²) in [6.45, 7) is 2.16. The van der Waals surface area contributed by atoms with Gasteiger partial charge in [-0.2, -0.15) is 0 Å².